The predicted molar refractivity (Wildman–Crippen MR) is 111 cm³/mol. The lowest BCUT2D eigenvalue weighted by atomic mass is 9.79. The van der Waals surface area contributed by atoms with Crippen LogP contribution >= 0.6 is 11.8 Å². The van der Waals surface area contributed by atoms with Crippen molar-refractivity contribution in [2.45, 2.75) is 50.2 Å². The second-order valence-corrected chi connectivity index (χ2v) is 11.0. The van der Waals surface area contributed by atoms with Crippen LogP contribution in [-0.2, 0) is 28.4 Å². The minimum absolute atomic E-state index is 0.125. The van der Waals surface area contributed by atoms with Crippen LogP contribution in [0.5, 0.6) is 0 Å². The molecule has 0 N–H and O–H groups in total. The van der Waals surface area contributed by atoms with Gasteiger partial charge in [0.05, 0.1) is 5.75 Å². The third-order valence-electron chi connectivity index (χ3n) is 5.19. The van der Waals surface area contributed by atoms with Gasteiger partial charge in [-0.1, -0.05) is 36.8 Å². The molecule has 1 saturated carbocycles. The number of hydrogen-bond donors (Lipinski definition) is 0. The summed E-state index contributed by atoms with van der Waals surface area (Å²) in [7, 11) is 2.35. The van der Waals surface area contributed by atoms with E-state index in [0.717, 1.165) is 49.5 Å². The number of hydrogen-bond acceptors (Lipinski definition) is 6. The van der Waals surface area contributed by atoms with Crippen LogP contribution in [0.2, 0.25) is 6.04 Å². The van der Waals surface area contributed by atoms with E-state index in [4.69, 9.17) is 18.0 Å². The lowest BCUT2D eigenvalue weighted by molar-refractivity contribution is -0.161. The lowest BCUT2D eigenvalue weighted by Crippen LogP contribution is -2.42. The van der Waals surface area contributed by atoms with Crippen LogP contribution in [0, 0.1) is 0 Å². The van der Waals surface area contributed by atoms with E-state index in [-0.39, 0.29) is 5.97 Å². The molecule has 0 spiro atoms. The van der Waals surface area contributed by atoms with Gasteiger partial charge >= 0.3 is 14.8 Å². The summed E-state index contributed by atoms with van der Waals surface area (Å²) in [6, 6.07) is 10.9. The minimum Gasteiger partial charge on any atom is -0.454 e. The van der Waals surface area contributed by atoms with Crippen LogP contribution in [0.15, 0.2) is 30.3 Å². The highest BCUT2D eigenvalue weighted by Crippen LogP contribution is 2.40. The van der Waals surface area contributed by atoms with Crippen molar-refractivity contribution >= 4 is 26.5 Å². The van der Waals surface area contributed by atoms with Crippen molar-refractivity contribution in [3.05, 3.63) is 35.9 Å². The van der Waals surface area contributed by atoms with Crippen LogP contribution in [0.25, 0.3) is 0 Å². The van der Waals surface area contributed by atoms with Crippen molar-refractivity contribution < 1.29 is 22.8 Å². The largest absolute Gasteiger partial charge is 0.500 e. The smallest absolute Gasteiger partial charge is 0.454 e. The maximum absolute atomic E-state index is 12.5. The van der Waals surface area contributed by atoms with E-state index < -0.39 is 14.4 Å². The average Bonchev–Trinajstić information content (AvgIpc) is 2.72. The molecule has 1 fully saturated rings. The topological polar surface area (TPSA) is 54.0 Å². The Balaban J connectivity index is 1.81. The van der Waals surface area contributed by atoms with Gasteiger partial charge in [0.1, 0.15) is 5.60 Å². The molecular formula is C20H32O5SSi. The standard InChI is InChI=1S/C20H32O5SSi/c1-22-27(23-2,24-3)16-10-15-26-17-19(21)25-20(13-8-5-9-14-20)18-11-6-4-7-12-18/h4,6-7,11-12H,5,8-10,13-17H2,1-3H3. The first-order valence-electron chi connectivity index (χ1n) is 9.60. The zero-order valence-electron chi connectivity index (χ0n) is 16.7. The Hall–Kier alpha value is -0.863. The molecule has 0 saturated heterocycles. The fourth-order valence-corrected chi connectivity index (χ4v) is 6.36. The Bertz CT molecular complexity index is 550. The van der Waals surface area contributed by atoms with Crippen molar-refractivity contribution in [3.8, 4) is 0 Å². The lowest BCUT2D eigenvalue weighted by Gasteiger charge is -2.37. The van der Waals surface area contributed by atoms with Gasteiger partial charge in [-0.3, -0.25) is 4.79 Å². The number of carbonyl (C=O) groups is 1. The predicted octanol–water partition coefficient (Wildman–Crippen LogP) is 4.39. The molecule has 152 valence electrons. The van der Waals surface area contributed by atoms with Crippen LogP contribution in [0.4, 0.5) is 0 Å². The molecular weight excluding hydrogens is 380 g/mol. The monoisotopic (exact) mass is 412 g/mol. The molecule has 0 unspecified atom stereocenters. The Labute approximate surface area is 168 Å². The highest BCUT2D eigenvalue weighted by Gasteiger charge is 2.38. The molecule has 27 heavy (non-hydrogen) atoms. The molecule has 0 atom stereocenters. The first kappa shape index (κ1) is 22.4. The van der Waals surface area contributed by atoms with E-state index in [1.54, 1.807) is 33.1 Å². The maximum Gasteiger partial charge on any atom is 0.500 e. The highest BCUT2D eigenvalue weighted by molar-refractivity contribution is 7.99. The summed E-state index contributed by atoms with van der Waals surface area (Å²) in [6.07, 6.45) is 6.13. The van der Waals surface area contributed by atoms with Gasteiger partial charge in [-0.15, -0.1) is 0 Å². The summed E-state index contributed by atoms with van der Waals surface area (Å²) < 4.78 is 22.3. The number of thioether (sulfide) groups is 1. The van der Waals surface area contributed by atoms with E-state index in [1.165, 1.54) is 6.42 Å². The summed E-state index contributed by atoms with van der Waals surface area (Å²) in [6.45, 7) is 0. The minimum atomic E-state index is -2.52. The highest BCUT2D eigenvalue weighted by atomic mass is 32.2. The SMILES string of the molecule is CO[Si](CCCSCC(=O)OC1(c2ccccc2)CCCCC1)(OC)OC. The Morgan fingerprint density at radius 1 is 1.04 bits per heavy atom. The third-order valence-corrected chi connectivity index (χ3v) is 9.04. The van der Waals surface area contributed by atoms with Gasteiger partial charge in [-0.05, 0) is 43.4 Å². The van der Waals surface area contributed by atoms with Crippen molar-refractivity contribution in [2.75, 3.05) is 32.8 Å². The van der Waals surface area contributed by atoms with Gasteiger partial charge in [-0.25, -0.2) is 0 Å². The van der Waals surface area contributed by atoms with Gasteiger partial charge in [0, 0.05) is 27.4 Å². The molecule has 1 aromatic carbocycles. The van der Waals surface area contributed by atoms with Crippen LogP contribution in [0.3, 0.4) is 0 Å². The van der Waals surface area contributed by atoms with E-state index >= 15 is 0 Å². The first-order chi connectivity index (χ1) is 13.1. The maximum atomic E-state index is 12.5. The van der Waals surface area contributed by atoms with Crippen molar-refractivity contribution in [3.63, 3.8) is 0 Å². The zero-order chi connectivity index (χ0) is 19.6. The summed E-state index contributed by atoms with van der Waals surface area (Å²) in [4.78, 5) is 12.5. The summed E-state index contributed by atoms with van der Waals surface area (Å²) in [5, 5.41) is 0. The molecule has 1 aliphatic carbocycles. The summed E-state index contributed by atoms with van der Waals surface area (Å²) >= 11 is 1.60. The molecule has 0 amide bonds. The van der Waals surface area contributed by atoms with Gasteiger partial charge in [0.15, 0.2) is 0 Å². The van der Waals surface area contributed by atoms with Gasteiger partial charge in [0.2, 0.25) is 0 Å². The van der Waals surface area contributed by atoms with Crippen LogP contribution in [-0.4, -0.2) is 47.6 Å². The second kappa shape index (κ2) is 11.2. The number of rotatable bonds is 11. The van der Waals surface area contributed by atoms with Crippen molar-refractivity contribution in [2.24, 2.45) is 0 Å². The molecule has 5 nitrogen and oxygen atoms in total. The van der Waals surface area contributed by atoms with E-state index in [0.29, 0.717) is 5.75 Å². The zero-order valence-corrected chi connectivity index (χ0v) is 18.5. The molecule has 2 rings (SSSR count). The molecule has 0 aliphatic heterocycles. The van der Waals surface area contributed by atoms with E-state index in [9.17, 15) is 4.79 Å². The Kier molecular flexibility index (Phi) is 9.31. The average molecular weight is 413 g/mol. The molecule has 0 heterocycles. The van der Waals surface area contributed by atoms with E-state index in [2.05, 4.69) is 12.1 Å². The number of esters is 1. The van der Waals surface area contributed by atoms with Gasteiger partial charge in [-0.2, -0.15) is 11.8 Å². The van der Waals surface area contributed by atoms with Crippen LogP contribution in [0.1, 0.15) is 44.1 Å². The molecule has 1 aliphatic rings. The number of benzene rings is 1. The Morgan fingerprint density at radius 3 is 2.26 bits per heavy atom. The van der Waals surface area contributed by atoms with Crippen molar-refractivity contribution in [1.29, 1.82) is 0 Å². The first-order valence-corrected chi connectivity index (χ1v) is 12.7. The van der Waals surface area contributed by atoms with Gasteiger partial charge < -0.3 is 18.0 Å². The summed E-state index contributed by atoms with van der Waals surface area (Å²) in [5.74, 6) is 1.09. The molecule has 7 heteroatoms. The van der Waals surface area contributed by atoms with Crippen LogP contribution < -0.4 is 0 Å². The quantitative estimate of drug-likeness (QED) is 0.305. The van der Waals surface area contributed by atoms with Gasteiger partial charge in [0.25, 0.3) is 0 Å². The fraction of sp³-hybridized carbons (Fsp3) is 0.650. The van der Waals surface area contributed by atoms with Crippen molar-refractivity contribution in [1.82, 2.24) is 0 Å². The third kappa shape index (κ3) is 6.32. The normalized spacial score (nSPS) is 16.9. The molecule has 1 aromatic rings. The summed E-state index contributed by atoms with van der Waals surface area (Å²) in [5.41, 5.74) is 0.681. The van der Waals surface area contributed by atoms with E-state index in [1.807, 2.05) is 18.2 Å². The molecule has 0 aromatic heterocycles. The number of ether oxygens (including phenoxy) is 1. The number of carbonyl (C=O) groups excluding carboxylic acids is 1. The Morgan fingerprint density at radius 2 is 1.67 bits per heavy atom. The molecule has 0 radical (unpaired) electrons. The molecule has 0 bridgehead atoms. The second-order valence-electron chi connectivity index (χ2n) is 6.85. The fourth-order valence-electron chi connectivity index (χ4n) is 3.66.